The molecule has 0 unspecified atom stereocenters. The summed E-state index contributed by atoms with van der Waals surface area (Å²) in [5, 5.41) is 0.550. The van der Waals surface area contributed by atoms with Gasteiger partial charge in [-0.2, -0.15) is 0 Å². The molecule has 0 aliphatic rings. The van der Waals surface area contributed by atoms with Gasteiger partial charge in [0.2, 0.25) is 0 Å². The molecule has 0 spiro atoms. The third-order valence-electron chi connectivity index (χ3n) is 1.96. The van der Waals surface area contributed by atoms with E-state index in [1.54, 1.807) is 6.07 Å². The zero-order chi connectivity index (χ0) is 13.1. The van der Waals surface area contributed by atoms with Gasteiger partial charge in [-0.05, 0) is 30.5 Å². The molecule has 0 N–H and O–H groups in total. The topological polar surface area (TPSA) is 0 Å². The molecule has 0 saturated heterocycles. The molecule has 16 heavy (non-hydrogen) atoms. The Bertz CT molecular complexity index is 259. The van der Waals surface area contributed by atoms with E-state index in [1.165, 1.54) is 0 Å². The van der Waals surface area contributed by atoms with E-state index in [0.29, 0.717) is 17.0 Å². The van der Waals surface area contributed by atoms with Gasteiger partial charge in [0, 0.05) is 10.6 Å². The summed E-state index contributed by atoms with van der Waals surface area (Å²) < 4.78 is 13.2. The van der Waals surface area contributed by atoms with Crippen molar-refractivity contribution in [2.75, 3.05) is 0 Å². The number of rotatable bonds is 2. The van der Waals surface area contributed by atoms with Crippen LogP contribution in [0.25, 0.3) is 0 Å². The van der Waals surface area contributed by atoms with Crippen molar-refractivity contribution in [3.8, 4) is 0 Å². The van der Waals surface area contributed by atoms with Gasteiger partial charge in [0.25, 0.3) is 0 Å². The fourth-order valence-corrected chi connectivity index (χ4v) is 1.56. The van der Waals surface area contributed by atoms with Crippen LogP contribution in [-0.2, 0) is 12.8 Å². The second-order valence-electron chi connectivity index (χ2n) is 2.75. The third-order valence-corrected chi connectivity index (χ3v) is 2.30. The summed E-state index contributed by atoms with van der Waals surface area (Å²) >= 11 is 5.87. The molecule has 0 saturated carbocycles. The van der Waals surface area contributed by atoms with E-state index in [2.05, 4.69) is 0 Å². The van der Waals surface area contributed by atoms with Gasteiger partial charge in [0.05, 0.1) is 0 Å². The average molecular weight is 247 g/mol. The second-order valence-corrected chi connectivity index (χ2v) is 3.15. The van der Waals surface area contributed by atoms with Gasteiger partial charge in [-0.25, -0.2) is 4.39 Å². The molecule has 0 aromatic heterocycles. The van der Waals surface area contributed by atoms with Crippen LogP contribution in [-0.4, -0.2) is 0 Å². The molecule has 0 fully saturated rings. The molecule has 1 aromatic carbocycles. The molecule has 94 valence electrons. The highest BCUT2D eigenvalue weighted by Gasteiger charge is 2.06. The van der Waals surface area contributed by atoms with E-state index >= 15 is 0 Å². The van der Waals surface area contributed by atoms with Gasteiger partial charge in [0.15, 0.2) is 0 Å². The van der Waals surface area contributed by atoms with Crippen molar-refractivity contribution < 1.29 is 4.39 Å². The molecule has 0 aliphatic heterocycles. The number of halogens is 2. The summed E-state index contributed by atoms with van der Waals surface area (Å²) in [4.78, 5) is 0. The minimum Gasteiger partial charge on any atom is -0.207 e. The minimum atomic E-state index is -0.179. The molecule has 0 aliphatic carbocycles. The average Bonchev–Trinajstić information content (AvgIpc) is 2.33. The maximum atomic E-state index is 13.2. The fraction of sp³-hybridized carbons (Fsp3) is 0.571. The van der Waals surface area contributed by atoms with Gasteiger partial charge in [-0.3, -0.25) is 0 Å². The first-order chi connectivity index (χ1) is 7.69. The van der Waals surface area contributed by atoms with Crippen molar-refractivity contribution in [2.24, 2.45) is 0 Å². The predicted octanol–water partition coefficient (Wildman–Crippen LogP) is 5.66. The Morgan fingerprint density at radius 2 is 1.50 bits per heavy atom. The SMILES string of the molecule is CC.CC.CCc1cc(F)c(CC)c(Cl)c1. The summed E-state index contributed by atoms with van der Waals surface area (Å²) in [5.41, 5.74) is 1.57. The Kier molecular flexibility index (Phi) is 12.2. The van der Waals surface area contributed by atoms with Crippen molar-refractivity contribution in [1.29, 1.82) is 0 Å². The highest BCUT2D eigenvalue weighted by molar-refractivity contribution is 6.31. The van der Waals surface area contributed by atoms with Crippen LogP contribution in [0.5, 0.6) is 0 Å². The van der Waals surface area contributed by atoms with Crippen LogP contribution in [0, 0.1) is 5.82 Å². The summed E-state index contributed by atoms with van der Waals surface area (Å²) in [6.45, 7) is 11.9. The Morgan fingerprint density at radius 3 is 1.81 bits per heavy atom. The highest BCUT2D eigenvalue weighted by Crippen LogP contribution is 2.22. The number of hydrogen-bond acceptors (Lipinski definition) is 0. The zero-order valence-electron chi connectivity index (χ0n) is 11.3. The molecule has 2 heteroatoms. The van der Waals surface area contributed by atoms with Crippen LogP contribution < -0.4 is 0 Å². The first-order valence-corrected chi connectivity index (χ1v) is 6.53. The molecule has 0 bridgehead atoms. The van der Waals surface area contributed by atoms with E-state index in [1.807, 2.05) is 47.6 Å². The Morgan fingerprint density at radius 1 is 1.00 bits per heavy atom. The largest absolute Gasteiger partial charge is 0.207 e. The second kappa shape index (κ2) is 10.9. The first kappa shape index (κ1) is 17.8. The molecular formula is C14H24ClF. The van der Waals surface area contributed by atoms with E-state index in [-0.39, 0.29) is 5.82 Å². The van der Waals surface area contributed by atoms with Gasteiger partial charge >= 0.3 is 0 Å². The monoisotopic (exact) mass is 246 g/mol. The quantitative estimate of drug-likeness (QED) is 0.632. The van der Waals surface area contributed by atoms with E-state index in [4.69, 9.17) is 11.6 Å². The zero-order valence-corrected chi connectivity index (χ0v) is 12.1. The normalized spacial score (nSPS) is 8.50. The van der Waals surface area contributed by atoms with Gasteiger partial charge < -0.3 is 0 Å². The van der Waals surface area contributed by atoms with Crippen LogP contribution in [0.1, 0.15) is 52.7 Å². The highest BCUT2D eigenvalue weighted by atomic mass is 35.5. The number of aryl methyl sites for hydroxylation is 1. The fourth-order valence-electron chi connectivity index (χ4n) is 1.20. The summed E-state index contributed by atoms with van der Waals surface area (Å²) in [5.74, 6) is -0.179. The standard InChI is InChI=1S/C10H12ClF.2C2H6/c1-3-7-5-9(11)8(4-2)10(12)6-7;2*1-2/h5-6H,3-4H2,1-2H3;2*1-2H3. The van der Waals surface area contributed by atoms with Gasteiger partial charge in [0.1, 0.15) is 5.82 Å². The van der Waals surface area contributed by atoms with Crippen molar-refractivity contribution in [2.45, 2.75) is 54.4 Å². The number of benzene rings is 1. The van der Waals surface area contributed by atoms with Crippen LogP contribution in [0.2, 0.25) is 5.02 Å². The molecule has 0 radical (unpaired) electrons. The van der Waals surface area contributed by atoms with Crippen molar-refractivity contribution in [3.05, 3.63) is 34.1 Å². The van der Waals surface area contributed by atoms with Crippen LogP contribution in [0.15, 0.2) is 12.1 Å². The first-order valence-electron chi connectivity index (χ1n) is 6.15. The van der Waals surface area contributed by atoms with Crippen LogP contribution >= 0.6 is 11.6 Å². The van der Waals surface area contributed by atoms with Gasteiger partial charge in [-0.1, -0.05) is 53.1 Å². The maximum absolute atomic E-state index is 13.2. The molecule has 0 nitrogen and oxygen atoms in total. The number of hydrogen-bond donors (Lipinski definition) is 0. The maximum Gasteiger partial charge on any atom is 0.128 e. The Hall–Kier alpha value is -0.560. The van der Waals surface area contributed by atoms with Crippen molar-refractivity contribution >= 4 is 11.6 Å². The Balaban J connectivity index is 0. The van der Waals surface area contributed by atoms with E-state index < -0.39 is 0 Å². The van der Waals surface area contributed by atoms with Crippen LogP contribution in [0.3, 0.4) is 0 Å². The summed E-state index contributed by atoms with van der Waals surface area (Å²) in [6.07, 6.45) is 1.47. The molecule has 1 aromatic rings. The minimum absolute atomic E-state index is 0.179. The van der Waals surface area contributed by atoms with E-state index in [0.717, 1.165) is 12.0 Å². The molecule has 1 rings (SSSR count). The smallest absolute Gasteiger partial charge is 0.128 e. The van der Waals surface area contributed by atoms with E-state index in [9.17, 15) is 4.39 Å². The lowest BCUT2D eigenvalue weighted by atomic mass is 10.1. The Labute approximate surface area is 105 Å². The lowest BCUT2D eigenvalue weighted by Gasteiger charge is -2.05. The summed E-state index contributed by atoms with van der Waals surface area (Å²) in [7, 11) is 0. The van der Waals surface area contributed by atoms with Crippen molar-refractivity contribution in [1.82, 2.24) is 0 Å². The van der Waals surface area contributed by atoms with Gasteiger partial charge in [-0.15, -0.1) is 0 Å². The molecule has 0 atom stereocenters. The predicted molar refractivity (Wildman–Crippen MR) is 72.9 cm³/mol. The lowest BCUT2D eigenvalue weighted by molar-refractivity contribution is 0.610. The molecular weight excluding hydrogens is 223 g/mol. The van der Waals surface area contributed by atoms with Crippen LogP contribution in [0.4, 0.5) is 4.39 Å². The molecule has 0 amide bonds. The van der Waals surface area contributed by atoms with Crippen molar-refractivity contribution in [3.63, 3.8) is 0 Å². The summed E-state index contributed by atoms with van der Waals surface area (Å²) in [6, 6.07) is 3.40. The molecule has 0 heterocycles. The lowest BCUT2D eigenvalue weighted by Crippen LogP contribution is -1.92. The third kappa shape index (κ3) is 5.50.